The van der Waals surface area contributed by atoms with Gasteiger partial charge in [-0.25, -0.2) is 0 Å². The Kier molecular flexibility index (Phi) is 4.82. The molecule has 0 aliphatic rings. The predicted octanol–water partition coefficient (Wildman–Crippen LogP) is 0.0644. The summed E-state index contributed by atoms with van der Waals surface area (Å²) in [5.74, 6) is -0.431. The van der Waals surface area contributed by atoms with Gasteiger partial charge in [0.2, 0.25) is 5.91 Å². The second-order valence-corrected chi connectivity index (χ2v) is 1.55. The third kappa shape index (κ3) is 7.17. The largest absolute Gasteiger partial charge is 0.368 e. The number of hydrogen-bond acceptors (Lipinski definition) is 2. The molecule has 0 spiro atoms. The lowest BCUT2D eigenvalue weighted by atomic mass is 10.5. The summed E-state index contributed by atoms with van der Waals surface area (Å²) in [7, 11) is 0. The van der Waals surface area contributed by atoms with E-state index in [1.807, 2.05) is 19.1 Å². The van der Waals surface area contributed by atoms with Gasteiger partial charge in [-0.05, 0) is 6.92 Å². The molecule has 3 nitrogen and oxygen atoms in total. The monoisotopic (exact) mass is 129 g/mol. The summed E-state index contributed by atoms with van der Waals surface area (Å²) >= 11 is 0. The number of ether oxygens (including phenoxy) is 1. The van der Waals surface area contributed by atoms with Gasteiger partial charge in [0, 0.05) is 0 Å². The molecule has 0 saturated carbocycles. The maximum absolute atomic E-state index is 10.0. The molecule has 0 fully saturated rings. The lowest BCUT2D eigenvalue weighted by Crippen LogP contribution is -2.17. The van der Waals surface area contributed by atoms with Crippen LogP contribution in [-0.4, -0.2) is 19.1 Å². The van der Waals surface area contributed by atoms with Crippen LogP contribution in [0.3, 0.4) is 0 Å². The highest BCUT2D eigenvalue weighted by molar-refractivity contribution is 5.74. The van der Waals surface area contributed by atoms with Crippen molar-refractivity contribution in [1.82, 2.24) is 0 Å². The number of hydrogen-bond donors (Lipinski definition) is 1. The summed E-state index contributed by atoms with van der Waals surface area (Å²) in [5.41, 5.74) is 4.79. The Morgan fingerprint density at radius 3 is 2.89 bits per heavy atom. The number of amides is 1. The van der Waals surface area contributed by atoms with Crippen LogP contribution in [0.1, 0.15) is 6.92 Å². The molecule has 0 heterocycles. The van der Waals surface area contributed by atoms with E-state index in [1.165, 1.54) is 0 Å². The van der Waals surface area contributed by atoms with Crippen LogP contribution >= 0.6 is 0 Å². The minimum Gasteiger partial charge on any atom is -0.368 e. The Balaban J connectivity index is 3.01. The summed E-state index contributed by atoms with van der Waals surface area (Å²) in [5, 5.41) is 0. The average Bonchev–Trinajstić information content (AvgIpc) is 1.80. The molecule has 0 rings (SSSR count). The summed E-state index contributed by atoms with van der Waals surface area (Å²) in [6.45, 7) is 2.34. The number of carbonyl (C=O) groups is 1. The van der Waals surface area contributed by atoms with Crippen LogP contribution in [0, 0.1) is 0 Å². The molecule has 0 aromatic rings. The number of primary amides is 1. The Morgan fingerprint density at radius 1 is 1.78 bits per heavy atom. The van der Waals surface area contributed by atoms with Crippen molar-refractivity contribution in [3.63, 3.8) is 0 Å². The van der Waals surface area contributed by atoms with E-state index in [0.717, 1.165) is 0 Å². The Labute approximate surface area is 54.5 Å². The number of rotatable bonds is 4. The number of carbonyl (C=O) groups excluding carboxylic acids is 1. The van der Waals surface area contributed by atoms with E-state index in [-0.39, 0.29) is 6.61 Å². The van der Waals surface area contributed by atoms with Crippen molar-refractivity contribution in [2.75, 3.05) is 13.2 Å². The minimum atomic E-state index is -0.431. The molecule has 0 aliphatic carbocycles. The molecule has 2 N–H and O–H groups in total. The maximum Gasteiger partial charge on any atom is 0.243 e. The van der Waals surface area contributed by atoms with Gasteiger partial charge in [0.15, 0.2) is 0 Å². The number of allylic oxidation sites excluding steroid dienone is 1. The molecule has 0 radical (unpaired) electrons. The van der Waals surface area contributed by atoms with Gasteiger partial charge in [-0.3, -0.25) is 4.79 Å². The van der Waals surface area contributed by atoms with Crippen LogP contribution < -0.4 is 5.73 Å². The molecule has 0 saturated heterocycles. The highest BCUT2D eigenvalue weighted by Crippen LogP contribution is 1.75. The van der Waals surface area contributed by atoms with Crippen molar-refractivity contribution < 1.29 is 9.53 Å². The molecule has 3 heteroatoms. The van der Waals surface area contributed by atoms with E-state index in [1.54, 1.807) is 0 Å². The van der Waals surface area contributed by atoms with Crippen LogP contribution in [-0.2, 0) is 9.53 Å². The highest BCUT2D eigenvalue weighted by atomic mass is 16.5. The van der Waals surface area contributed by atoms with Crippen molar-refractivity contribution >= 4 is 5.91 Å². The molecule has 0 aromatic heterocycles. The first-order valence-corrected chi connectivity index (χ1v) is 2.74. The maximum atomic E-state index is 10.0. The van der Waals surface area contributed by atoms with Gasteiger partial charge in [-0.1, -0.05) is 12.2 Å². The fourth-order valence-electron chi connectivity index (χ4n) is 0.324. The normalized spacial score (nSPS) is 10.3. The molecule has 0 aromatic carbocycles. The second-order valence-electron chi connectivity index (χ2n) is 1.55. The van der Waals surface area contributed by atoms with Crippen LogP contribution in [0.15, 0.2) is 12.2 Å². The molecule has 1 amide bonds. The summed E-state index contributed by atoms with van der Waals surface area (Å²) < 4.78 is 4.77. The zero-order valence-electron chi connectivity index (χ0n) is 5.46. The molecule has 9 heavy (non-hydrogen) atoms. The molecule has 52 valence electrons. The van der Waals surface area contributed by atoms with Crippen LogP contribution in [0.4, 0.5) is 0 Å². The summed E-state index contributed by atoms with van der Waals surface area (Å²) in [4.78, 5) is 10.0. The van der Waals surface area contributed by atoms with E-state index >= 15 is 0 Å². The molecule has 0 aliphatic heterocycles. The molecule has 0 bridgehead atoms. The predicted molar refractivity (Wildman–Crippen MR) is 34.8 cm³/mol. The first-order chi connectivity index (χ1) is 4.27. The second kappa shape index (κ2) is 5.31. The zero-order valence-corrected chi connectivity index (χ0v) is 5.46. The first kappa shape index (κ1) is 8.17. The lowest BCUT2D eigenvalue weighted by molar-refractivity contribution is -0.122. The Hall–Kier alpha value is -0.830. The van der Waals surface area contributed by atoms with Crippen molar-refractivity contribution in [1.29, 1.82) is 0 Å². The third-order valence-corrected chi connectivity index (χ3v) is 0.694. The summed E-state index contributed by atoms with van der Waals surface area (Å²) in [6.07, 6.45) is 3.66. The van der Waals surface area contributed by atoms with Gasteiger partial charge in [0.1, 0.15) is 6.61 Å². The fraction of sp³-hybridized carbons (Fsp3) is 0.500. The highest BCUT2D eigenvalue weighted by Gasteiger charge is 1.88. The standard InChI is InChI=1S/C6H11NO2/c1-2-3-4-9-5-6(7)8/h2-3H,4-5H2,1H3,(H2,7,8). The zero-order chi connectivity index (χ0) is 7.11. The van der Waals surface area contributed by atoms with Crippen LogP contribution in [0.5, 0.6) is 0 Å². The molecule has 0 unspecified atom stereocenters. The van der Waals surface area contributed by atoms with E-state index in [4.69, 9.17) is 10.5 Å². The van der Waals surface area contributed by atoms with Crippen LogP contribution in [0.25, 0.3) is 0 Å². The Bertz CT molecular complexity index is 110. The van der Waals surface area contributed by atoms with Gasteiger partial charge in [-0.2, -0.15) is 0 Å². The van der Waals surface area contributed by atoms with Crippen LogP contribution in [0.2, 0.25) is 0 Å². The fourth-order valence-corrected chi connectivity index (χ4v) is 0.324. The van der Waals surface area contributed by atoms with Crippen molar-refractivity contribution in [3.05, 3.63) is 12.2 Å². The SMILES string of the molecule is CC=CCOCC(N)=O. The van der Waals surface area contributed by atoms with E-state index in [9.17, 15) is 4.79 Å². The summed E-state index contributed by atoms with van der Waals surface area (Å²) in [6, 6.07) is 0. The molecule has 0 atom stereocenters. The minimum absolute atomic E-state index is 0.00431. The van der Waals surface area contributed by atoms with E-state index < -0.39 is 5.91 Å². The van der Waals surface area contributed by atoms with Gasteiger partial charge in [0.25, 0.3) is 0 Å². The van der Waals surface area contributed by atoms with Crippen molar-refractivity contribution in [2.24, 2.45) is 5.73 Å². The quantitative estimate of drug-likeness (QED) is 0.431. The smallest absolute Gasteiger partial charge is 0.243 e. The van der Waals surface area contributed by atoms with Crippen molar-refractivity contribution in [2.45, 2.75) is 6.92 Å². The van der Waals surface area contributed by atoms with Gasteiger partial charge in [0.05, 0.1) is 6.61 Å². The molecular formula is C6H11NO2. The van der Waals surface area contributed by atoms with Gasteiger partial charge >= 0.3 is 0 Å². The van der Waals surface area contributed by atoms with E-state index in [2.05, 4.69) is 0 Å². The Morgan fingerprint density at radius 2 is 2.44 bits per heavy atom. The number of nitrogens with two attached hydrogens (primary N) is 1. The first-order valence-electron chi connectivity index (χ1n) is 2.74. The third-order valence-electron chi connectivity index (χ3n) is 0.694. The van der Waals surface area contributed by atoms with E-state index in [0.29, 0.717) is 6.61 Å². The molecular weight excluding hydrogens is 118 g/mol. The van der Waals surface area contributed by atoms with Gasteiger partial charge < -0.3 is 10.5 Å². The van der Waals surface area contributed by atoms with Gasteiger partial charge in [-0.15, -0.1) is 0 Å². The van der Waals surface area contributed by atoms with Crippen molar-refractivity contribution in [3.8, 4) is 0 Å². The lowest BCUT2D eigenvalue weighted by Gasteiger charge is -1.93. The average molecular weight is 129 g/mol. The topological polar surface area (TPSA) is 52.3 Å².